The Balaban J connectivity index is 1.98. The molecule has 5 heteroatoms. The van der Waals surface area contributed by atoms with E-state index in [1.807, 2.05) is 66.7 Å². The Hall–Kier alpha value is -3.60. The summed E-state index contributed by atoms with van der Waals surface area (Å²) in [5.74, 6) is -0.690. The van der Waals surface area contributed by atoms with Crippen molar-refractivity contribution in [1.29, 1.82) is 0 Å². The summed E-state index contributed by atoms with van der Waals surface area (Å²) in [6.07, 6.45) is 0. The lowest BCUT2D eigenvalue weighted by Crippen LogP contribution is -2.50. The minimum absolute atomic E-state index is 0.198. The topological polar surface area (TPSA) is 67.4 Å². The van der Waals surface area contributed by atoms with Crippen LogP contribution < -0.4 is 10.6 Å². The zero-order valence-electron chi connectivity index (χ0n) is 16.2. The monoisotopic (exact) mass is 388 g/mol. The van der Waals surface area contributed by atoms with Crippen LogP contribution in [0.2, 0.25) is 0 Å². The molecule has 2 atom stereocenters. The van der Waals surface area contributed by atoms with E-state index < -0.39 is 18.1 Å². The second-order valence-electron chi connectivity index (χ2n) is 6.46. The molecule has 0 heterocycles. The summed E-state index contributed by atoms with van der Waals surface area (Å²) in [6, 6.07) is 25.8. The van der Waals surface area contributed by atoms with Crippen molar-refractivity contribution >= 4 is 23.1 Å². The van der Waals surface area contributed by atoms with Gasteiger partial charge in [0.15, 0.2) is 11.8 Å². The van der Waals surface area contributed by atoms with E-state index in [2.05, 4.69) is 10.6 Å². The average molecular weight is 388 g/mol. The number of benzene rings is 3. The van der Waals surface area contributed by atoms with Crippen LogP contribution in [-0.2, 0) is 9.53 Å². The van der Waals surface area contributed by atoms with Crippen LogP contribution >= 0.6 is 0 Å². The minimum Gasteiger partial charge on any atom is -0.464 e. The van der Waals surface area contributed by atoms with Crippen molar-refractivity contribution in [2.24, 2.45) is 0 Å². The van der Waals surface area contributed by atoms with Gasteiger partial charge in [-0.3, -0.25) is 4.79 Å². The van der Waals surface area contributed by atoms with E-state index in [4.69, 9.17) is 4.74 Å². The first-order valence-electron chi connectivity index (χ1n) is 9.58. The zero-order chi connectivity index (χ0) is 20.5. The predicted molar refractivity (Wildman–Crippen MR) is 115 cm³/mol. The Kier molecular flexibility index (Phi) is 7.00. The number of hydrogen-bond acceptors (Lipinski definition) is 5. The first-order valence-corrected chi connectivity index (χ1v) is 9.58. The third-order valence-electron chi connectivity index (χ3n) is 4.41. The minimum atomic E-state index is -0.912. The Morgan fingerprint density at radius 3 is 1.66 bits per heavy atom. The first kappa shape index (κ1) is 20.1. The lowest BCUT2D eigenvalue weighted by atomic mass is 9.96. The standard InChI is InChI=1S/C24H24N2O3/c1-2-29-24(28)22(26-20-16-10-5-11-17-20)21(25-19-14-8-4-9-15-19)23(27)18-12-6-3-7-13-18/h3-17,21-22,25-26H,2H2,1H3/t21-,22-/m1/s1. The van der Waals surface area contributed by atoms with E-state index >= 15 is 0 Å². The third kappa shape index (κ3) is 5.45. The molecule has 0 amide bonds. The highest BCUT2D eigenvalue weighted by molar-refractivity contribution is 6.05. The predicted octanol–water partition coefficient (Wildman–Crippen LogP) is 4.39. The quantitative estimate of drug-likeness (QED) is 0.420. The van der Waals surface area contributed by atoms with E-state index in [0.29, 0.717) is 5.56 Å². The summed E-state index contributed by atoms with van der Waals surface area (Å²) in [5, 5.41) is 6.40. The van der Waals surface area contributed by atoms with Crippen molar-refractivity contribution in [3.8, 4) is 0 Å². The Labute approximate surface area is 170 Å². The van der Waals surface area contributed by atoms with Crippen molar-refractivity contribution in [1.82, 2.24) is 0 Å². The van der Waals surface area contributed by atoms with Gasteiger partial charge < -0.3 is 15.4 Å². The lowest BCUT2D eigenvalue weighted by Gasteiger charge is -2.28. The van der Waals surface area contributed by atoms with Crippen LogP contribution in [0.4, 0.5) is 11.4 Å². The average Bonchev–Trinajstić information content (AvgIpc) is 2.78. The van der Waals surface area contributed by atoms with Crippen LogP contribution in [-0.4, -0.2) is 30.4 Å². The molecule has 148 valence electrons. The van der Waals surface area contributed by atoms with Gasteiger partial charge in [-0.15, -0.1) is 0 Å². The highest BCUT2D eigenvalue weighted by Crippen LogP contribution is 2.18. The summed E-state index contributed by atoms with van der Waals surface area (Å²) in [7, 11) is 0. The molecule has 0 aliphatic carbocycles. The number of nitrogens with one attached hydrogen (secondary N) is 2. The molecule has 0 spiro atoms. The number of rotatable bonds is 9. The van der Waals surface area contributed by atoms with E-state index in [1.54, 1.807) is 31.2 Å². The van der Waals surface area contributed by atoms with Gasteiger partial charge in [0.25, 0.3) is 0 Å². The molecule has 0 saturated heterocycles. The van der Waals surface area contributed by atoms with Gasteiger partial charge in [0.2, 0.25) is 0 Å². The summed E-state index contributed by atoms with van der Waals surface area (Å²) >= 11 is 0. The molecule has 5 nitrogen and oxygen atoms in total. The van der Waals surface area contributed by atoms with Crippen LogP contribution in [0.5, 0.6) is 0 Å². The number of hydrogen-bond donors (Lipinski definition) is 2. The fourth-order valence-electron chi connectivity index (χ4n) is 3.02. The van der Waals surface area contributed by atoms with Crippen molar-refractivity contribution in [3.63, 3.8) is 0 Å². The molecule has 0 fully saturated rings. The number of anilines is 2. The molecular weight excluding hydrogens is 364 g/mol. The number of para-hydroxylation sites is 2. The molecule has 3 aromatic rings. The number of ether oxygens (including phenoxy) is 1. The van der Waals surface area contributed by atoms with Gasteiger partial charge in [0.05, 0.1) is 6.61 Å². The van der Waals surface area contributed by atoms with Gasteiger partial charge in [0, 0.05) is 16.9 Å². The molecule has 3 aromatic carbocycles. The second kappa shape index (κ2) is 10.1. The largest absolute Gasteiger partial charge is 0.464 e. The molecule has 0 unspecified atom stereocenters. The number of carbonyl (C=O) groups excluding carboxylic acids is 2. The molecule has 0 bridgehead atoms. The molecule has 0 saturated carbocycles. The number of carbonyl (C=O) groups is 2. The van der Waals surface area contributed by atoms with Gasteiger partial charge >= 0.3 is 5.97 Å². The molecular formula is C24H24N2O3. The van der Waals surface area contributed by atoms with Crippen molar-refractivity contribution in [3.05, 3.63) is 96.6 Å². The van der Waals surface area contributed by atoms with Crippen LogP contribution in [0.1, 0.15) is 17.3 Å². The third-order valence-corrected chi connectivity index (χ3v) is 4.41. The Morgan fingerprint density at radius 2 is 1.17 bits per heavy atom. The van der Waals surface area contributed by atoms with Crippen LogP contribution in [0.15, 0.2) is 91.0 Å². The molecule has 29 heavy (non-hydrogen) atoms. The van der Waals surface area contributed by atoms with Gasteiger partial charge in [-0.05, 0) is 31.2 Å². The van der Waals surface area contributed by atoms with Gasteiger partial charge in [-0.1, -0.05) is 66.7 Å². The number of ketones is 1. The molecule has 0 radical (unpaired) electrons. The Bertz CT molecular complexity index is 915. The van der Waals surface area contributed by atoms with Gasteiger partial charge in [0.1, 0.15) is 6.04 Å². The number of esters is 1. The van der Waals surface area contributed by atoms with E-state index in [9.17, 15) is 9.59 Å². The Morgan fingerprint density at radius 1 is 0.724 bits per heavy atom. The van der Waals surface area contributed by atoms with Crippen molar-refractivity contribution in [2.45, 2.75) is 19.0 Å². The molecule has 0 aromatic heterocycles. The van der Waals surface area contributed by atoms with Crippen LogP contribution in [0, 0.1) is 0 Å². The SMILES string of the molecule is CCOC(=O)[C@H](Nc1ccccc1)[C@@H](Nc1ccccc1)C(=O)c1ccccc1. The maximum Gasteiger partial charge on any atom is 0.331 e. The normalized spacial score (nSPS) is 12.4. The summed E-state index contributed by atoms with van der Waals surface area (Å²) in [5.41, 5.74) is 1.99. The molecule has 2 N–H and O–H groups in total. The van der Waals surface area contributed by atoms with Crippen molar-refractivity contribution < 1.29 is 14.3 Å². The summed E-state index contributed by atoms with van der Waals surface area (Å²) in [4.78, 5) is 26.2. The summed E-state index contributed by atoms with van der Waals surface area (Å²) in [6.45, 7) is 1.97. The van der Waals surface area contributed by atoms with Gasteiger partial charge in [-0.2, -0.15) is 0 Å². The molecule has 0 aliphatic rings. The van der Waals surface area contributed by atoms with E-state index in [1.165, 1.54) is 0 Å². The van der Waals surface area contributed by atoms with Crippen LogP contribution in [0.25, 0.3) is 0 Å². The maximum absolute atomic E-state index is 13.4. The smallest absolute Gasteiger partial charge is 0.331 e. The second-order valence-corrected chi connectivity index (χ2v) is 6.46. The fourth-order valence-corrected chi connectivity index (χ4v) is 3.02. The van der Waals surface area contributed by atoms with E-state index in [0.717, 1.165) is 11.4 Å². The molecule has 3 rings (SSSR count). The number of Topliss-reactive ketones (excluding diaryl/α,β-unsaturated/α-hetero) is 1. The highest BCUT2D eigenvalue weighted by Gasteiger charge is 2.35. The maximum atomic E-state index is 13.4. The van der Waals surface area contributed by atoms with Gasteiger partial charge in [-0.25, -0.2) is 4.79 Å². The van der Waals surface area contributed by atoms with E-state index in [-0.39, 0.29) is 12.4 Å². The summed E-state index contributed by atoms with van der Waals surface area (Å²) < 4.78 is 5.29. The highest BCUT2D eigenvalue weighted by atomic mass is 16.5. The molecule has 0 aliphatic heterocycles. The van der Waals surface area contributed by atoms with Crippen molar-refractivity contribution in [2.75, 3.05) is 17.2 Å². The lowest BCUT2D eigenvalue weighted by molar-refractivity contribution is -0.144. The van der Waals surface area contributed by atoms with Crippen LogP contribution in [0.3, 0.4) is 0 Å². The first-order chi connectivity index (χ1) is 14.2. The fraction of sp³-hybridized carbons (Fsp3) is 0.167. The zero-order valence-corrected chi connectivity index (χ0v) is 16.2.